The molecule has 2 aromatic rings. The number of esters is 1. The number of ether oxygens (including phenoxy) is 2. The lowest BCUT2D eigenvalue weighted by Crippen LogP contribution is -2.35. The van der Waals surface area contributed by atoms with E-state index >= 15 is 0 Å². The van der Waals surface area contributed by atoms with Crippen molar-refractivity contribution in [2.75, 3.05) is 5.32 Å². The standard InChI is InChI=1S/C18H20N2O5S/c1-10-5-4-6-13(9-10)24-12(3)18(23)25-11(2)16(22)20-17-14(15(19)21)7-8-26-17/h4-9,11-12H,1-3H3,(H2,19,21)(H,20,22)/t11-,12-/m1/s1. The lowest BCUT2D eigenvalue weighted by Gasteiger charge is -2.18. The fourth-order valence-electron chi connectivity index (χ4n) is 2.08. The number of aryl methyl sites for hydroxylation is 1. The second-order valence-corrected chi connectivity index (χ2v) is 6.59. The zero-order chi connectivity index (χ0) is 19.3. The second kappa shape index (κ2) is 8.48. The van der Waals surface area contributed by atoms with Crippen molar-refractivity contribution in [2.24, 2.45) is 5.73 Å². The van der Waals surface area contributed by atoms with Crippen LogP contribution in [0.25, 0.3) is 0 Å². The summed E-state index contributed by atoms with van der Waals surface area (Å²) in [5.41, 5.74) is 6.43. The molecule has 1 heterocycles. The minimum absolute atomic E-state index is 0.207. The van der Waals surface area contributed by atoms with Gasteiger partial charge in [0.25, 0.3) is 11.8 Å². The van der Waals surface area contributed by atoms with E-state index in [0.717, 1.165) is 16.9 Å². The average molecular weight is 376 g/mol. The smallest absolute Gasteiger partial charge is 0.347 e. The first kappa shape index (κ1) is 19.5. The van der Waals surface area contributed by atoms with Crippen LogP contribution >= 0.6 is 11.3 Å². The molecule has 0 aliphatic heterocycles. The van der Waals surface area contributed by atoms with Crippen molar-refractivity contribution in [1.82, 2.24) is 0 Å². The molecule has 0 radical (unpaired) electrons. The summed E-state index contributed by atoms with van der Waals surface area (Å²) < 4.78 is 10.7. The highest BCUT2D eigenvalue weighted by atomic mass is 32.1. The average Bonchev–Trinajstić information content (AvgIpc) is 3.03. The molecule has 2 amide bonds. The van der Waals surface area contributed by atoms with Crippen LogP contribution in [0.15, 0.2) is 35.7 Å². The van der Waals surface area contributed by atoms with Crippen molar-refractivity contribution >= 4 is 34.1 Å². The topological polar surface area (TPSA) is 108 Å². The third-order valence-electron chi connectivity index (χ3n) is 3.46. The van der Waals surface area contributed by atoms with E-state index in [0.29, 0.717) is 10.8 Å². The molecule has 1 aromatic carbocycles. The van der Waals surface area contributed by atoms with Gasteiger partial charge < -0.3 is 20.5 Å². The Labute approximate surface area is 155 Å². The molecule has 0 aliphatic rings. The normalized spacial score (nSPS) is 12.7. The maximum absolute atomic E-state index is 12.2. The molecule has 3 N–H and O–H groups in total. The molecule has 8 heteroatoms. The number of nitrogens with two attached hydrogens (primary N) is 1. The molecule has 0 bridgehead atoms. The third kappa shape index (κ3) is 5.06. The van der Waals surface area contributed by atoms with E-state index in [9.17, 15) is 14.4 Å². The number of benzene rings is 1. The van der Waals surface area contributed by atoms with Crippen molar-refractivity contribution in [3.05, 3.63) is 46.8 Å². The van der Waals surface area contributed by atoms with Crippen LogP contribution in [0.3, 0.4) is 0 Å². The molecule has 0 fully saturated rings. The van der Waals surface area contributed by atoms with Crippen LogP contribution in [0, 0.1) is 6.92 Å². The zero-order valence-corrected chi connectivity index (χ0v) is 15.5. The highest BCUT2D eigenvalue weighted by Gasteiger charge is 2.24. The molecular formula is C18H20N2O5S. The van der Waals surface area contributed by atoms with Gasteiger partial charge in [0.05, 0.1) is 5.56 Å². The summed E-state index contributed by atoms with van der Waals surface area (Å²) >= 11 is 1.15. The summed E-state index contributed by atoms with van der Waals surface area (Å²) in [6.07, 6.45) is -1.94. The number of carbonyl (C=O) groups excluding carboxylic acids is 3. The van der Waals surface area contributed by atoms with E-state index in [1.165, 1.54) is 13.0 Å². The second-order valence-electron chi connectivity index (χ2n) is 5.67. The summed E-state index contributed by atoms with van der Waals surface area (Å²) in [6.45, 7) is 4.89. The molecule has 7 nitrogen and oxygen atoms in total. The molecule has 0 aliphatic carbocycles. The molecular weight excluding hydrogens is 356 g/mol. The summed E-state index contributed by atoms with van der Waals surface area (Å²) in [5.74, 6) is -1.34. The van der Waals surface area contributed by atoms with E-state index in [1.807, 2.05) is 19.1 Å². The van der Waals surface area contributed by atoms with Gasteiger partial charge in [0.15, 0.2) is 12.2 Å². The summed E-state index contributed by atoms with van der Waals surface area (Å²) in [7, 11) is 0. The SMILES string of the molecule is Cc1cccc(O[C@H](C)C(=O)O[C@H](C)C(=O)Nc2sccc2C(N)=O)c1. The Balaban J connectivity index is 1.92. The van der Waals surface area contributed by atoms with Crippen molar-refractivity contribution in [2.45, 2.75) is 33.0 Å². The number of anilines is 1. The van der Waals surface area contributed by atoms with Crippen LogP contribution in [-0.2, 0) is 14.3 Å². The monoisotopic (exact) mass is 376 g/mol. The highest BCUT2D eigenvalue weighted by Crippen LogP contribution is 2.23. The van der Waals surface area contributed by atoms with Gasteiger partial charge in [-0.1, -0.05) is 12.1 Å². The molecule has 0 spiro atoms. The first-order chi connectivity index (χ1) is 12.3. The van der Waals surface area contributed by atoms with Gasteiger partial charge in [0.2, 0.25) is 0 Å². The molecule has 0 saturated heterocycles. The zero-order valence-electron chi connectivity index (χ0n) is 14.6. The van der Waals surface area contributed by atoms with Crippen LogP contribution < -0.4 is 15.8 Å². The molecule has 2 atom stereocenters. The Hall–Kier alpha value is -2.87. The van der Waals surface area contributed by atoms with Crippen LogP contribution in [-0.4, -0.2) is 30.0 Å². The molecule has 0 unspecified atom stereocenters. The maximum Gasteiger partial charge on any atom is 0.347 e. The van der Waals surface area contributed by atoms with Gasteiger partial charge >= 0.3 is 5.97 Å². The number of primary amides is 1. The summed E-state index contributed by atoms with van der Waals surface area (Å²) in [6, 6.07) is 8.76. The Kier molecular flexibility index (Phi) is 6.35. The number of rotatable bonds is 7. The Bertz CT molecular complexity index is 817. The quantitative estimate of drug-likeness (QED) is 0.722. The van der Waals surface area contributed by atoms with E-state index < -0.39 is 30.0 Å². The molecule has 26 heavy (non-hydrogen) atoms. The first-order valence-electron chi connectivity index (χ1n) is 7.90. The lowest BCUT2D eigenvalue weighted by molar-refractivity contribution is -0.159. The van der Waals surface area contributed by atoms with Crippen molar-refractivity contribution < 1.29 is 23.9 Å². The number of nitrogens with one attached hydrogen (secondary N) is 1. The Morgan fingerprint density at radius 3 is 2.54 bits per heavy atom. The fourth-order valence-corrected chi connectivity index (χ4v) is 2.87. The van der Waals surface area contributed by atoms with E-state index in [1.54, 1.807) is 24.4 Å². The van der Waals surface area contributed by atoms with Crippen molar-refractivity contribution in [3.8, 4) is 5.75 Å². The number of amides is 2. The summed E-state index contributed by atoms with van der Waals surface area (Å²) in [5, 5.41) is 4.48. The minimum atomic E-state index is -1.06. The Morgan fingerprint density at radius 1 is 1.15 bits per heavy atom. The van der Waals surface area contributed by atoms with Gasteiger partial charge in [-0.05, 0) is 49.9 Å². The van der Waals surface area contributed by atoms with E-state index in [2.05, 4.69) is 5.32 Å². The van der Waals surface area contributed by atoms with Gasteiger partial charge in [-0.15, -0.1) is 11.3 Å². The molecule has 2 rings (SSSR count). The Morgan fingerprint density at radius 2 is 1.88 bits per heavy atom. The molecule has 1 aromatic heterocycles. The number of carbonyl (C=O) groups is 3. The number of hydrogen-bond donors (Lipinski definition) is 2. The van der Waals surface area contributed by atoms with Gasteiger partial charge in [0.1, 0.15) is 10.8 Å². The summed E-state index contributed by atoms with van der Waals surface area (Å²) in [4.78, 5) is 35.6. The van der Waals surface area contributed by atoms with Crippen LogP contribution in [0.2, 0.25) is 0 Å². The largest absolute Gasteiger partial charge is 0.479 e. The van der Waals surface area contributed by atoms with Gasteiger partial charge in [-0.25, -0.2) is 4.79 Å². The van der Waals surface area contributed by atoms with Crippen LogP contribution in [0.1, 0.15) is 29.8 Å². The first-order valence-corrected chi connectivity index (χ1v) is 8.78. The predicted molar refractivity (Wildman–Crippen MR) is 98.3 cm³/mol. The number of thiophene rings is 1. The number of hydrogen-bond acceptors (Lipinski definition) is 6. The van der Waals surface area contributed by atoms with Crippen molar-refractivity contribution in [3.63, 3.8) is 0 Å². The predicted octanol–water partition coefficient (Wildman–Crippen LogP) is 2.49. The van der Waals surface area contributed by atoms with Gasteiger partial charge in [-0.3, -0.25) is 9.59 Å². The van der Waals surface area contributed by atoms with Crippen LogP contribution in [0.5, 0.6) is 5.75 Å². The maximum atomic E-state index is 12.2. The highest BCUT2D eigenvalue weighted by molar-refractivity contribution is 7.14. The van der Waals surface area contributed by atoms with Crippen molar-refractivity contribution in [1.29, 1.82) is 0 Å². The molecule has 0 saturated carbocycles. The lowest BCUT2D eigenvalue weighted by atomic mass is 10.2. The van der Waals surface area contributed by atoms with Gasteiger partial charge in [0, 0.05) is 0 Å². The van der Waals surface area contributed by atoms with Gasteiger partial charge in [-0.2, -0.15) is 0 Å². The molecule has 138 valence electrons. The van der Waals surface area contributed by atoms with E-state index in [4.69, 9.17) is 15.2 Å². The minimum Gasteiger partial charge on any atom is -0.479 e. The third-order valence-corrected chi connectivity index (χ3v) is 4.29. The van der Waals surface area contributed by atoms with E-state index in [-0.39, 0.29) is 5.56 Å². The fraction of sp³-hybridized carbons (Fsp3) is 0.278. The van der Waals surface area contributed by atoms with Crippen LogP contribution in [0.4, 0.5) is 5.00 Å².